The number of benzene rings is 11. The highest BCUT2D eigenvalue weighted by Gasteiger charge is 2.50. The highest BCUT2D eigenvalue weighted by atomic mass is 16.3. The molecule has 0 saturated carbocycles. The molecule has 0 radical (unpaired) electrons. The van der Waals surface area contributed by atoms with Crippen molar-refractivity contribution in [3.8, 4) is 66.8 Å². The molecule has 11 aromatic carbocycles. The highest BCUT2D eigenvalue weighted by Crippen LogP contribution is 2.63. The topological polar surface area (TPSA) is 16.4 Å². The number of anilines is 3. The average Bonchev–Trinajstić information content (AvgIpc) is 4.02. The average molecular weight is 918 g/mol. The summed E-state index contributed by atoms with van der Waals surface area (Å²) in [6.45, 7) is 4.75. The predicted octanol–water partition coefficient (Wildman–Crippen LogP) is 18.7. The van der Waals surface area contributed by atoms with Gasteiger partial charge in [-0.1, -0.05) is 226 Å². The van der Waals surface area contributed by atoms with Crippen LogP contribution in [0.15, 0.2) is 253 Å². The van der Waals surface area contributed by atoms with Gasteiger partial charge in [0.25, 0.3) is 0 Å². The van der Waals surface area contributed by atoms with Crippen molar-refractivity contribution in [1.29, 1.82) is 0 Å². The van der Waals surface area contributed by atoms with E-state index >= 15 is 0 Å². The SMILES string of the molecule is CC1(C)c2ccccc2-c2ccc(N(c3ccc4c(c3)-c3ccccc3C3(c5ccccc5-4)c4ccccc4-c4c(-c5cccc6c5oc5ccccc56)cccc43)c3ccccc3-c3ccccc3)cc21. The normalized spacial score (nSPS) is 15.2. The lowest BCUT2D eigenvalue weighted by atomic mass is 9.66. The summed E-state index contributed by atoms with van der Waals surface area (Å²) in [6.07, 6.45) is 0. The van der Waals surface area contributed by atoms with Crippen molar-refractivity contribution < 1.29 is 4.42 Å². The zero-order chi connectivity index (χ0) is 47.7. The molecular formula is C70H47NO. The Balaban J connectivity index is 0.988. The van der Waals surface area contributed by atoms with Crippen LogP contribution in [0.3, 0.4) is 0 Å². The minimum absolute atomic E-state index is 0.163. The second-order valence-corrected chi connectivity index (χ2v) is 20.2. The number of para-hydroxylation sites is 3. The lowest BCUT2D eigenvalue weighted by Crippen LogP contribution is -2.29. The lowest BCUT2D eigenvalue weighted by Gasteiger charge is -2.35. The summed E-state index contributed by atoms with van der Waals surface area (Å²) in [5, 5.41) is 2.27. The van der Waals surface area contributed by atoms with Gasteiger partial charge in [0.1, 0.15) is 11.2 Å². The molecule has 0 aliphatic heterocycles. The molecule has 12 aromatic rings. The van der Waals surface area contributed by atoms with Crippen LogP contribution < -0.4 is 4.90 Å². The number of furan rings is 1. The van der Waals surface area contributed by atoms with Crippen molar-refractivity contribution in [3.05, 3.63) is 282 Å². The van der Waals surface area contributed by atoms with Crippen LogP contribution in [0.2, 0.25) is 0 Å². The summed E-state index contributed by atoms with van der Waals surface area (Å²) in [7, 11) is 0. The monoisotopic (exact) mass is 917 g/mol. The molecule has 72 heavy (non-hydrogen) atoms. The molecule has 1 atom stereocenters. The van der Waals surface area contributed by atoms with E-state index in [1.807, 2.05) is 0 Å². The Hall–Kier alpha value is -8.98. The first-order valence-corrected chi connectivity index (χ1v) is 25.2. The standard InChI is InChI=1S/C70H47NO/c1-69(2)59-31-12-6-24-50(59)52-41-39-46(43-64(52)69)71(65-36-16-10-22-47(65)44-20-4-3-5-21-44)45-38-40-48-49-23-7-13-32-60(49)70(61-33-14-8-25-51(61)58(48)42-45)62-34-15-9-27-57(62)67-54(28-19-35-63(67)70)56-30-18-29-55-53-26-11-17-37-66(53)72-68(55)56/h3-43H,1-2H3. The molecule has 3 aliphatic rings. The van der Waals surface area contributed by atoms with Crippen molar-refractivity contribution in [2.75, 3.05) is 4.90 Å². The summed E-state index contributed by atoms with van der Waals surface area (Å²) in [5.41, 5.74) is 26.8. The lowest BCUT2D eigenvalue weighted by molar-refractivity contribution is 0.660. The summed E-state index contributed by atoms with van der Waals surface area (Å²) >= 11 is 0. The maximum atomic E-state index is 6.77. The number of hydrogen-bond donors (Lipinski definition) is 0. The summed E-state index contributed by atoms with van der Waals surface area (Å²) in [4.78, 5) is 2.50. The van der Waals surface area contributed by atoms with Gasteiger partial charge in [0.2, 0.25) is 0 Å². The van der Waals surface area contributed by atoms with E-state index in [9.17, 15) is 0 Å². The maximum Gasteiger partial charge on any atom is 0.143 e. The van der Waals surface area contributed by atoms with Gasteiger partial charge in [-0.3, -0.25) is 0 Å². The van der Waals surface area contributed by atoms with Gasteiger partial charge in [-0.05, 0) is 125 Å². The molecule has 0 saturated heterocycles. The van der Waals surface area contributed by atoms with Crippen LogP contribution in [0.25, 0.3) is 88.7 Å². The van der Waals surface area contributed by atoms with Crippen LogP contribution in [-0.4, -0.2) is 0 Å². The molecular weight excluding hydrogens is 871 g/mol. The van der Waals surface area contributed by atoms with Crippen molar-refractivity contribution in [2.45, 2.75) is 24.7 Å². The van der Waals surface area contributed by atoms with Crippen molar-refractivity contribution in [2.24, 2.45) is 0 Å². The largest absolute Gasteiger partial charge is 0.455 e. The smallest absolute Gasteiger partial charge is 0.143 e. The van der Waals surface area contributed by atoms with Crippen LogP contribution in [0, 0.1) is 0 Å². The van der Waals surface area contributed by atoms with Crippen LogP contribution in [0.4, 0.5) is 17.1 Å². The maximum absolute atomic E-state index is 6.77. The number of hydrogen-bond acceptors (Lipinski definition) is 2. The number of nitrogens with zero attached hydrogens (tertiary/aromatic N) is 1. The Morgan fingerprint density at radius 1 is 0.319 bits per heavy atom. The fourth-order valence-corrected chi connectivity index (χ4v) is 13.2. The van der Waals surface area contributed by atoms with Crippen LogP contribution >= 0.6 is 0 Å². The summed E-state index contributed by atoms with van der Waals surface area (Å²) in [5.74, 6) is 0. The predicted molar refractivity (Wildman–Crippen MR) is 299 cm³/mol. The van der Waals surface area contributed by atoms with E-state index in [2.05, 4.69) is 267 Å². The first kappa shape index (κ1) is 40.9. The fraction of sp³-hybridized carbons (Fsp3) is 0.0571. The molecule has 0 N–H and O–H groups in total. The molecule has 0 bridgehead atoms. The van der Waals surface area contributed by atoms with E-state index in [1.165, 1.54) is 94.6 Å². The molecule has 15 rings (SSSR count). The van der Waals surface area contributed by atoms with E-state index in [4.69, 9.17) is 4.42 Å². The molecule has 1 unspecified atom stereocenters. The zero-order valence-corrected chi connectivity index (χ0v) is 40.0. The summed E-state index contributed by atoms with van der Waals surface area (Å²) in [6, 6.07) is 92.5. The van der Waals surface area contributed by atoms with Crippen molar-refractivity contribution in [3.63, 3.8) is 0 Å². The van der Waals surface area contributed by atoms with Crippen LogP contribution in [0.5, 0.6) is 0 Å². The van der Waals surface area contributed by atoms with E-state index in [0.29, 0.717) is 0 Å². The molecule has 2 nitrogen and oxygen atoms in total. The van der Waals surface area contributed by atoms with E-state index in [1.54, 1.807) is 0 Å². The number of fused-ring (bicyclic) bond motifs is 18. The first-order chi connectivity index (χ1) is 35.5. The Labute approximate surface area is 419 Å². The highest BCUT2D eigenvalue weighted by molar-refractivity contribution is 6.12. The molecule has 338 valence electrons. The Bertz CT molecular complexity index is 4210. The Morgan fingerprint density at radius 2 is 0.819 bits per heavy atom. The van der Waals surface area contributed by atoms with Gasteiger partial charge in [0.15, 0.2) is 0 Å². The second kappa shape index (κ2) is 15.3. The molecule has 0 amide bonds. The summed E-state index contributed by atoms with van der Waals surface area (Å²) < 4.78 is 6.77. The third kappa shape index (κ3) is 5.55. The van der Waals surface area contributed by atoms with Crippen LogP contribution in [-0.2, 0) is 10.8 Å². The fourth-order valence-electron chi connectivity index (χ4n) is 13.2. The molecule has 2 heteroatoms. The van der Waals surface area contributed by atoms with E-state index < -0.39 is 5.41 Å². The van der Waals surface area contributed by atoms with Gasteiger partial charge in [-0.25, -0.2) is 0 Å². The van der Waals surface area contributed by atoms with Gasteiger partial charge in [-0.15, -0.1) is 0 Å². The number of rotatable bonds is 5. The van der Waals surface area contributed by atoms with Gasteiger partial charge in [0, 0.05) is 38.7 Å². The second-order valence-electron chi connectivity index (χ2n) is 20.2. The zero-order valence-electron chi connectivity index (χ0n) is 40.0. The first-order valence-electron chi connectivity index (χ1n) is 25.2. The molecule has 1 spiro atoms. The van der Waals surface area contributed by atoms with E-state index in [0.717, 1.165) is 44.6 Å². The molecule has 1 heterocycles. The van der Waals surface area contributed by atoms with Gasteiger partial charge in [-0.2, -0.15) is 0 Å². The van der Waals surface area contributed by atoms with Gasteiger partial charge >= 0.3 is 0 Å². The van der Waals surface area contributed by atoms with Crippen molar-refractivity contribution >= 4 is 39.0 Å². The minimum Gasteiger partial charge on any atom is -0.455 e. The molecule has 0 fully saturated rings. The molecule has 1 aromatic heterocycles. The molecule has 3 aliphatic carbocycles. The van der Waals surface area contributed by atoms with E-state index in [-0.39, 0.29) is 5.41 Å². The Morgan fingerprint density at radius 3 is 1.58 bits per heavy atom. The Kier molecular flexibility index (Phi) is 8.66. The third-order valence-corrected chi connectivity index (χ3v) is 16.3. The third-order valence-electron chi connectivity index (χ3n) is 16.3. The van der Waals surface area contributed by atoms with Crippen molar-refractivity contribution in [1.82, 2.24) is 0 Å². The minimum atomic E-state index is -0.643. The van der Waals surface area contributed by atoms with Crippen LogP contribution in [0.1, 0.15) is 47.2 Å². The quantitative estimate of drug-likeness (QED) is 0.171. The van der Waals surface area contributed by atoms with Gasteiger partial charge in [0.05, 0.1) is 11.1 Å². The van der Waals surface area contributed by atoms with Gasteiger partial charge < -0.3 is 9.32 Å².